The molecule has 8 heteroatoms. The fourth-order valence-corrected chi connectivity index (χ4v) is 2.52. The first-order valence-corrected chi connectivity index (χ1v) is 6.83. The lowest BCUT2D eigenvalue weighted by Crippen LogP contribution is -2.24. The van der Waals surface area contributed by atoms with E-state index in [4.69, 9.17) is 0 Å². The third kappa shape index (κ3) is 2.71. The van der Waals surface area contributed by atoms with Gasteiger partial charge in [0.25, 0.3) is 5.56 Å². The zero-order valence-corrected chi connectivity index (χ0v) is 12.4. The quantitative estimate of drug-likeness (QED) is 0.728. The van der Waals surface area contributed by atoms with Gasteiger partial charge in [0.1, 0.15) is 5.52 Å². The van der Waals surface area contributed by atoms with Crippen LogP contribution in [0.3, 0.4) is 0 Å². The maximum Gasteiger partial charge on any atom is 0.416 e. The molecule has 0 radical (unpaired) electrons. The largest absolute Gasteiger partial charge is 0.416 e. The van der Waals surface area contributed by atoms with Gasteiger partial charge in [-0.2, -0.15) is 23.4 Å². The highest BCUT2D eigenvalue weighted by Crippen LogP contribution is 2.29. The summed E-state index contributed by atoms with van der Waals surface area (Å²) in [5.41, 5.74) is 0.277. The van der Waals surface area contributed by atoms with Crippen molar-refractivity contribution in [3.8, 4) is 0 Å². The molecule has 3 rings (SSSR count). The van der Waals surface area contributed by atoms with Crippen molar-refractivity contribution in [2.45, 2.75) is 19.6 Å². The number of benzene rings is 1. The Balaban J connectivity index is 2.04. The molecule has 5 nitrogen and oxygen atoms in total. The molecular formula is C15H13F3N4O. The summed E-state index contributed by atoms with van der Waals surface area (Å²) in [6, 6.07) is 4.86. The van der Waals surface area contributed by atoms with E-state index in [9.17, 15) is 18.0 Å². The van der Waals surface area contributed by atoms with Gasteiger partial charge < -0.3 is 0 Å². The summed E-state index contributed by atoms with van der Waals surface area (Å²) in [7, 11) is 1.64. The van der Waals surface area contributed by atoms with Crippen LogP contribution in [0.1, 0.15) is 16.8 Å². The molecule has 0 aliphatic carbocycles. The van der Waals surface area contributed by atoms with Gasteiger partial charge in [0.2, 0.25) is 0 Å². The second-order valence-corrected chi connectivity index (χ2v) is 5.28. The molecule has 2 aromatic heterocycles. The van der Waals surface area contributed by atoms with Crippen molar-refractivity contribution in [3.63, 3.8) is 0 Å². The number of rotatable bonds is 2. The fourth-order valence-electron chi connectivity index (χ4n) is 2.52. The van der Waals surface area contributed by atoms with Gasteiger partial charge in [-0.25, -0.2) is 4.68 Å². The van der Waals surface area contributed by atoms with Crippen LogP contribution in [0.5, 0.6) is 0 Å². The van der Waals surface area contributed by atoms with E-state index < -0.39 is 11.7 Å². The van der Waals surface area contributed by atoms with E-state index in [2.05, 4.69) is 10.2 Å². The molecule has 1 aromatic carbocycles. The number of aryl methyl sites for hydroxylation is 2. The summed E-state index contributed by atoms with van der Waals surface area (Å²) in [5.74, 6) is 0. The smallest absolute Gasteiger partial charge is 0.265 e. The second-order valence-electron chi connectivity index (χ2n) is 5.28. The summed E-state index contributed by atoms with van der Waals surface area (Å²) in [5, 5.41) is 8.83. The molecule has 0 saturated heterocycles. The maximum absolute atomic E-state index is 12.8. The Morgan fingerprint density at radius 2 is 2.00 bits per heavy atom. The van der Waals surface area contributed by atoms with E-state index in [1.807, 2.05) is 0 Å². The van der Waals surface area contributed by atoms with Crippen molar-refractivity contribution in [2.24, 2.45) is 7.05 Å². The van der Waals surface area contributed by atoms with Gasteiger partial charge in [0, 0.05) is 12.4 Å². The van der Waals surface area contributed by atoms with Crippen molar-refractivity contribution in [3.05, 3.63) is 57.6 Å². The number of nitrogens with zero attached hydrogens (tertiary/aromatic N) is 4. The first kappa shape index (κ1) is 15.3. The Kier molecular flexibility index (Phi) is 3.46. The Morgan fingerprint density at radius 1 is 1.26 bits per heavy atom. The SMILES string of the molecule is Cc1nn(C)c2c(=O)n(Cc3cccc(C(F)(F)F)c3)ncc12. The van der Waals surface area contributed by atoms with Gasteiger partial charge in [0.15, 0.2) is 0 Å². The van der Waals surface area contributed by atoms with Crippen molar-refractivity contribution in [2.75, 3.05) is 0 Å². The second kappa shape index (κ2) is 5.22. The molecule has 0 fully saturated rings. The van der Waals surface area contributed by atoms with E-state index in [1.54, 1.807) is 14.0 Å². The monoisotopic (exact) mass is 322 g/mol. The van der Waals surface area contributed by atoms with Crippen LogP contribution in [0.25, 0.3) is 10.9 Å². The van der Waals surface area contributed by atoms with Gasteiger partial charge in [-0.05, 0) is 24.6 Å². The van der Waals surface area contributed by atoms with Crippen LogP contribution in [0.4, 0.5) is 13.2 Å². The number of hydrogen-bond acceptors (Lipinski definition) is 3. The molecule has 0 unspecified atom stereocenters. The summed E-state index contributed by atoms with van der Waals surface area (Å²) in [4.78, 5) is 12.5. The molecule has 0 aliphatic rings. The topological polar surface area (TPSA) is 52.7 Å². The lowest BCUT2D eigenvalue weighted by molar-refractivity contribution is -0.137. The van der Waals surface area contributed by atoms with Crippen molar-refractivity contribution in [1.29, 1.82) is 0 Å². The normalized spacial score (nSPS) is 12.0. The van der Waals surface area contributed by atoms with Crippen LogP contribution < -0.4 is 5.56 Å². The van der Waals surface area contributed by atoms with Crippen LogP contribution in [0.15, 0.2) is 35.3 Å². The number of hydrogen-bond donors (Lipinski definition) is 0. The fraction of sp³-hybridized carbons (Fsp3) is 0.267. The Morgan fingerprint density at radius 3 is 2.70 bits per heavy atom. The third-order valence-electron chi connectivity index (χ3n) is 3.62. The average molecular weight is 322 g/mol. The summed E-state index contributed by atoms with van der Waals surface area (Å²) in [6.07, 6.45) is -2.91. The highest BCUT2D eigenvalue weighted by Gasteiger charge is 2.30. The van der Waals surface area contributed by atoms with Crippen molar-refractivity contribution >= 4 is 10.9 Å². The lowest BCUT2D eigenvalue weighted by atomic mass is 10.1. The van der Waals surface area contributed by atoms with Gasteiger partial charge in [-0.1, -0.05) is 12.1 Å². The summed E-state index contributed by atoms with van der Waals surface area (Å²) < 4.78 is 40.9. The molecule has 0 aliphatic heterocycles. The van der Waals surface area contributed by atoms with Crippen LogP contribution in [-0.2, 0) is 19.8 Å². The molecule has 23 heavy (non-hydrogen) atoms. The molecule has 0 bridgehead atoms. The molecule has 3 aromatic rings. The van der Waals surface area contributed by atoms with Gasteiger partial charge in [0.05, 0.1) is 24.0 Å². The van der Waals surface area contributed by atoms with Crippen LogP contribution >= 0.6 is 0 Å². The highest BCUT2D eigenvalue weighted by atomic mass is 19.4. The minimum atomic E-state index is -4.42. The Bertz CT molecular complexity index is 940. The predicted octanol–water partition coefficient (Wildman–Crippen LogP) is 2.51. The van der Waals surface area contributed by atoms with Crippen LogP contribution in [0.2, 0.25) is 0 Å². The summed E-state index contributed by atoms with van der Waals surface area (Å²) in [6.45, 7) is 1.73. The van der Waals surface area contributed by atoms with Crippen LogP contribution in [0, 0.1) is 6.92 Å². The van der Waals surface area contributed by atoms with E-state index in [0.29, 0.717) is 22.2 Å². The van der Waals surface area contributed by atoms with E-state index in [0.717, 1.165) is 16.8 Å². The average Bonchev–Trinajstić information content (AvgIpc) is 2.76. The Labute approximate surface area is 129 Å². The Hall–Kier alpha value is -2.64. The molecule has 0 amide bonds. The van der Waals surface area contributed by atoms with Gasteiger partial charge in [-0.3, -0.25) is 9.48 Å². The molecule has 2 heterocycles. The number of halogens is 3. The molecule has 0 saturated carbocycles. The molecule has 0 atom stereocenters. The van der Waals surface area contributed by atoms with E-state index in [1.165, 1.54) is 23.0 Å². The zero-order valence-electron chi connectivity index (χ0n) is 12.4. The van der Waals surface area contributed by atoms with Crippen LogP contribution in [-0.4, -0.2) is 19.6 Å². The predicted molar refractivity (Wildman–Crippen MR) is 78.1 cm³/mol. The highest BCUT2D eigenvalue weighted by molar-refractivity contribution is 5.79. The minimum Gasteiger partial charge on any atom is -0.265 e. The molecule has 120 valence electrons. The minimum absolute atomic E-state index is 0.0388. The number of fused-ring (bicyclic) bond motifs is 1. The molecular weight excluding hydrogens is 309 g/mol. The van der Waals surface area contributed by atoms with E-state index >= 15 is 0 Å². The lowest BCUT2D eigenvalue weighted by Gasteiger charge is -2.09. The molecule has 0 N–H and O–H groups in total. The zero-order chi connectivity index (χ0) is 16.8. The first-order valence-electron chi connectivity index (χ1n) is 6.83. The maximum atomic E-state index is 12.8. The molecule has 0 spiro atoms. The number of aromatic nitrogens is 4. The van der Waals surface area contributed by atoms with Gasteiger partial charge in [-0.15, -0.1) is 0 Å². The first-order chi connectivity index (χ1) is 10.8. The standard InChI is InChI=1S/C15H13F3N4O/c1-9-12-7-19-22(14(23)13(12)21(2)20-9)8-10-4-3-5-11(6-10)15(16,17)18/h3-7H,8H2,1-2H3. The number of alkyl halides is 3. The third-order valence-corrected chi connectivity index (χ3v) is 3.62. The van der Waals surface area contributed by atoms with Crippen molar-refractivity contribution < 1.29 is 13.2 Å². The van der Waals surface area contributed by atoms with E-state index in [-0.39, 0.29) is 12.1 Å². The van der Waals surface area contributed by atoms with Crippen molar-refractivity contribution in [1.82, 2.24) is 19.6 Å². The summed E-state index contributed by atoms with van der Waals surface area (Å²) >= 11 is 0. The van der Waals surface area contributed by atoms with Gasteiger partial charge >= 0.3 is 6.18 Å².